The summed E-state index contributed by atoms with van der Waals surface area (Å²) >= 11 is 0. The first-order valence-electron chi connectivity index (χ1n) is 7.08. The number of anilines is 1. The van der Waals surface area contributed by atoms with E-state index in [-0.39, 0.29) is 17.5 Å². The van der Waals surface area contributed by atoms with Gasteiger partial charge in [-0.25, -0.2) is 9.48 Å². The third-order valence-electron chi connectivity index (χ3n) is 3.26. The van der Waals surface area contributed by atoms with Crippen LogP contribution >= 0.6 is 0 Å². The Labute approximate surface area is 128 Å². The van der Waals surface area contributed by atoms with Gasteiger partial charge >= 0.3 is 5.97 Å². The fourth-order valence-electron chi connectivity index (χ4n) is 2.04. The minimum Gasteiger partial charge on any atom is -0.476 e. The van der Waals surface area contributed by atoms with Gasteiger partial charge in [0.2, 0.25) is 5.91 Å². The quantitative estimate of drug-likeness (QED) is 0.853. The molecule has 1 atom stereocenters. The van der Waals surface area contributed by atoms with Gasteiger partial charge in [0.15, 0.2) is 5.69 Å². The minimum atomic E-state index is -1.14. The van der Waals surface area contributed by atoms with E-state index < -0.39 is 5.97 Å². The van der Waals surface area contributed by atoms with Gasteiger partial charge in [-0.1, -0.05) is 31.5 Å². The molecule has 0 aliphatic rings. The number of carboxylic acids is 1. The molecule has 2 rings (SSSR count). The van der Waals surface area contributed by atoms with Crippen LogP contribution in [0.1, 0.15) is 37.2 Å². The number of aromatic nitrogens is 3. The maximum Gasteiger partial charge on any atom is 0.358 e. The van der Waals surface area contributed by atoms with Crippen LogP contribution in [-0.4, -0.2) is 32.0 Å². The monoisotopic (exact) mass is 302 g/mol. The zero-order chi connectivity index (χ0) is 16.1. The van der Waals surface area contributed by atoms with Gasteiger partial charge in [0.25, 0.3) is 0 Å². The number of aromatic carboxylic acids is 1. The lowest BCUT2D eigenvalue weighted by molar-refractivity contribution is -0.119. The molecule has 0 saturated heterocycles. The van der Waals surface area contributed by atoms with Crippen molar-refractivity contribution in [2.45, 2.75) is 26.7 Å². The van der Waals surface area contributed by atoms with Crippen LogP contribution in [0.5, 0.6) is 0 Å². The number of carbonyl (C=O) groups is 2. The van der Waals surface area contributed by atoms with E-state index in [0.29, 0.717) is 11.4 Å². The lowest BCUT2D eigenvalue weighted by Gasteiger charge is -2.11. The van der Waals surface area contributed by atoms with Crippen molar-refractivity contribution in [3.05, 3.63) is 36.2 Å². The molecule has 2 N–H and O–H groups in total. The summed E-state index contributed by atoms with van der Waals surface area (Å²) in [5.41, 5.74) is 1.13. The third kappa shape index (κ3) is 3.69. The molecule has 0 saturated carbocycles. The number of nitrogens with zero attached hydrogens (tertiary/aromatic N) is 3. The van der Waals surface area contributed by atoms with Gasteiger partial charge in [-0.2, -0.15) is 0 Å². The van der Waals surface area contributed by atoms with E-state index in [1.165, 1.54) is 10.9 Å². The van der Waals surface area contributed by atoms with Crippen LogP contribution in [0.2, 0.25) is 0 Å². The highest BCUT2D eigenvalue weighted by Gasteiger charge is 2.13. The van der Waals surface area contributed by atoms with Crippen LogP contribution in [0.3, 0.4) is 0 Å². The largest absolute Gasteiger partial charge is 0.476 e. The first-order chi connectivity index (χ1) is 10.5. The number of carbonyl (C=O) groups excluding carboxylic acids is 1. The van der Waals surface area contributed by atoms with Crippen LogP contribution in [0.4, 0.5) is 5.69 Å². The third-order valence-corrected chi connectivity index (χ3v) is 3.26. The first-order valence-corrected chi connectivity index (χ1v) is 7.08. The van der Waals surface area contributed by atoms with Gasteiger partial charge < -0.3 is 10.4 Å². The SMILES string of the molecule is CCCC(C)C(=O)Nc1cccc(-n2cc(C(=O)O)nn2)c1. The molecule has 7 nitrogen and oxygen atoms in total. The van der Waals surface area contributed by atoms with Crippen LogP contribution in [-0.2, 0) is 4.79 Å². The second-order valence-corrected chi connectivity index (χ2v) is 5.08. The van der Waals surface area contributed by atoms with E-state index >= 15 is 0 Å². The summed E-state index contributed by atoms with van der Waals surface area (Å²) in [5.74, 6) is -1.23. The second kappa shape index (κ2) is 6.84. The average Bonchev–Trinajstić information content (AvgIpc) is 2.98. The lowest BCUT2D eigenvalue weighted by atomic mass is 10.1. The van der Waals surface area contributed by atoms with Crippen molar-refractivity contribution in [3.63, 3.8) is 0 Å². The van der Waals surface area contributed by atoms with Crippen LogP contribution < -0.4 is 5.32 Å². The van der Waals surface area contributed by atoms with Crippen molar-refractivity contribution in [1.82, 2.24) is 15.0 Å². The number of benzene rings is 1. The van der Waals surface area contributed by atoms with E-state index in [1.54, 1.807) is 24.3 Å². The smallest absolute Gasteiger partial charge is 0.358 e. The van der Waals surface area contributed by atoms with Crippen molar-refractivity contribution in [1.29, 1.82) is 0 Å². The molecule has 0 aliphatic heterocycles. The molecule has 7 heteroatoms. The van der Waals surface area contributed by atoms with Crippen LogP contribution in [0, 0.1) is 5.92 Å². The normalized spacial score (nSPS) is 11.9. The van der Waals surface area contributed by atoms with Gasteiger partial charge in [0.05, 0.1) is 11.9 Å². The number of amides is 1. The Morgan fingerprint density at radius 2 is 2.18 bits per heavy atom. The van der Waals surface area contributed by atoms with Crippen molar-refractivity contribution >= 4 is 17.6 Å². The maximum absolute atomic E-state index is 12.0. The average molecular weight is 302 g/mol. The number of nitrogens with one attached hydrogen (secondary N) is 1. The molecule has 0 fully saturated rings. The zero-order valence-electron chi connectivity index (χ0n) is 12.5. The molecule has 1 heterocycles. The predicted octanol–water partition coefficient (Wildman–Crippen LogP) is 2.34. The van der Waals surface area contributed by atoms with Crippen LogP contribution in [0.15, 0.2) is 30.5 Å². The summed E-state index contributed by atoms with van der Waals surface area (Å²) in [6.07, 6.45) is 3.10. The standard InChI is InChI=1S/C15H18N4O3/c1-3-5-10(2)14(20)16-11-6-4-7-12(8-11)19-9-13(15(21)22)17-18-19/h4,6-10H,3,5H2,1-2H3,(H,16,20)(H,21,22). The van der Waals surface area contributed by atoms with Gasteiger partial charge in [0.1, 0.15) is 0 Å². The van der Waals surface area contributed by atoms with Crippen LogP contribution in [0.25, 0.3) is 5.69 Å². The fraction of sp³-hybridized carbons (Fsp3) is 0.333. The molecular weight excluding hydrogens is 284 g/mol. The Kier molecular flexibility index (Phi) is 4.88. The van der Waals surface area contributed by atoms with Gasteiger partial charge in [-0.15, -0.1) is 5.10 Å². The molecule has 1 aromatic heterocycles. The van der Waals surface area contributed by atoms with E-state index in [0.717, 1.165) is 12.8 Å². The molecule has 116 valence electrons. The first kappa shape index (κ1) is 15.7. The molecule has 0 spiro atoms. The zero-order valence-corrected chi connectivity index (χ0v) is 12.5. The van der Waals surface area contributed by atoms with Crippen molar-refractivity contribution < 1.29 is 14.7 Å². The summed E-state index contributed by atoms with van der Waals surface area (Å²) in [4.78, 5) is 22.8. The molecule has 0 bridgehead atoms. The van der Waals surface area contributed by atoms with E-state index in [9.17, 15) is 9.59 Å². The number of hydrogen-bond acceptors (Lipinski definition) is 4. The molecular formula is C15H18N4O3. The molecule has 22 heavy (non-hydrogen) atoms. The highest BCUT2D eigenvalue weighted by Crippen LogP contribution is 2.16. The van der Waals surface area contributed by atoms with E-state index in [4.69, 9.17) is 5.11 Å². The topological polar surface area (TPSA) is 97.1 Å². The fourth-order valence-corrected chi connectivity index (χ4v) is 2.04. The Hall–Kier alpha value is -2.70. The van der Waals surface area contributed by atoms with E-state index in [2.05, 4.69) is 15.6 Å². The Morgan fingerprint density at radius 1 is 1.41 bits per heavy atom. The van der Waals surface area contributed by atoms with Gasteiger partial charge in [-0.3, -0.25) is 4.79 Å². The Morgan fingerprint density at radius 3 is 2.82 bits per heavy atom. The number of hydrogen-bond donors (Lipinski definition) is 2. The number of rotatable bonds is 6. The summed E-state index contributed by atoms with van der Waals surface area (Å²) in [6, 6.07) is 7.01. The van der Waals surface area contributed by atoms with Crippen molar-refractivity contribution in [2.24, 2.45) is 5.92 Å². The maximum atomic E-state index is 12.0. The van der Waals surface area contributed by atoms with Crippen molar-refractivity contribution in [3.8, 4) is 5.69 Å². The van der Waals surface area contributed by atoms with Gasteiger partial charge in [0, 0.05) is 11.6 Å². The molecule has 1 amide bonds. The molecule has 0 aliphatic carbocycles. The lowest BCUT2D eigenvalue weighted by Crippen LogP contribution is -2.20. The highest BCUT2D eigenvalue weighted by atomic mass is 16.4. The minimum absolute atomic E-state index is 0.0381. The molecule has 2 aromatic rings. The molecule has 1 aromatic carbocycles. The Bertz CT molecular complexity index is 681. The summed E-state index contributed by atoms with van der Waals surface area (Å²) in [6.45, 7) is 3.92. The molecule has 1 unspecified atom stereocenters. The second-order valence-electron chi connectivity index (χ2n) is 5.08. The predicted molar refractivity (Wildman–Crippen MR) is 81.0 cm³/mol. The summed E-state index contributed by atoms with van der Waals surface area (Å²) in [7, 11) is 0. The summed E-state index contributed by atoms with van der Waals surface area (Å²) < 4.78 is 1.36. The van der Waals surface area contributed by atoms with Gasteiger partial charge in [-0.05, 0) is 24.6 Å². The summed E-state index contributed by atoms with van der Waals surface area (Å²) in [5, 5.41) is 19.0. The Balaban J connectivity index is 2.15. The van der Waals surface area contributed by atoms with Crippen molar-refractivity contribution in [2.75, 3.05) is 5.32 Å². The molecule has 0 radical (unpaired) electrons. The number of carboxylic acid groups (broad SMARTS) is 1. The van der Waals surface area contributed by atoms with E-state index in [1.807, 2.05) is 13.8 Å². The highest BCUT2D eigenvalue weighted by molar-refractivity contribution is 5.92.